The van der Waals surface area contributed by atoms with E-state index < -0.39 is 5.60 Å². The van der Waals surface area contributed by atoms with E-state index in [2.05, 4.69) is 0 Å². The van der Waals surface area contributed by atoms with E-state index >= 15 is 0 Å². The minimum Gasteiger partial charge on any atom is -0.453 e. The van der Waals surface area contributed by atoms with Crippen LogP contribution in [0.1, 0.15) is 22.7 Å². The maximum atomic E-state index is 12.2. The number of furan rings is 1. The molecule has 1 atom stereocenters. The van der Waals surface area contributed by atoms with Gasteiger partial charge < -0.3 is 24.4 Å². The molecule has 6 heteroatoms. The lowest BCUT2D eigenvalue weighted by Crippen LogP contribution is -2.43. The minimum atomic E-state index is -0.856. The molecule has 1 fully saturated rings. The highest BCUT2D eigenvalue weighted by Gasteiger charge is 2.39. The molecule has 0 radical (unpaired) electrons. The van der Waals surface area contributed by atoms with Gasteiger partial charge in [0.05, 0.1) is 12.1 Å². The van der Waals surface area contributed by atoms with Crippen LogP contribution in [0, 0.1) is 0 Å². The van der Waals surface area contributed by atoms with Crippen LogP contribution in [-0.2, 0) is 6.61 Å². The van der Waals surface area contributed by atoms with E-state index in [1.165, 1.54) is 0 Å². The molecule has 2 rings (SSSR count). The quantitative estimate of drug-likeness (QED) is 0.798. The fourth-order valence-corrected chi connectivity index (χ4v) is 2.48. The van der Waals surface area contributed by atoms with Gasteiger partial charge in [0.15, 0.2) is 5.76 Å². The van der Waals surface area contributed by atoms with E-state index in [0.717, 1.165) is 0 Å². The molecule has 2 N–H and O–H groups in total. The molecule has 0 unspecified atom stereocenters. The Balaban J connectivity index is 2.02. The van der Waals surface area contributed by atoms with Gasteiger partial charge in [-0.25, -0.2) is 0 Å². The number of carbonyl (C=O) groups excluding carboxylic acids is 1. The van der Waals surface area contributed by atoms with Crippen LogP contribution in [0.15, 0.2) is 16.5 Å². The van der Waals surface area contributed by atoms with Crippen LogP contribution in [0.4, 0.5) is 0 Å². The number of aliphatic hydroxyl groups excluding tert-OH is 1. The van der Waals surface area contributed by atoms with Crippen LogP contribution in [0.3, 0.4) is 0 Å². The zero-order valence-corrected chi connectivity index (χ0v) is 11.3. The monoisotopic (exact) mass is 268 g/mol. The summed E-state index contributed by atoms with van der Waals surface area (Å²) in [7, 11) is 3.78. The zero-order chi connectivity index (χ0) is 14.0. The molecule has 2 heterocycles. The Morgan fingerprint density at radius 2 is 2.26 bits per heavy atom. The zero-order valence-electron chi connectivity index (χ0n) is 11.3. The van der Waals surface area contributed by atoms with Gasteiger partial charge in [-0.1, -0.05) is 0 Å². The summed E-state index contributed by atoms with van der Waals surface area (Å²) in [4.78, 5) is 15.7. The molecule has 1 aromatic rings. The van der Waals surface area contributed by atoms with E-state index in [4.69, 9.17) is 9.52 Å². The Morgan fingerprint density at radius 1 is 1.53 bits per heavy atom. The van der Waals surface area contributed by atoms with Gasteiger partial charge in [-0.3, -0.25) is 4.79 Å². The largest absolute Gasteiger partial charge is 0.453 e. The molecule has 0 spiro atoms. The number of aliphatic hydroxyl groups is 2. The standard InChI is InChI=1S/C13H20N2O4/c1-14(2)8-13(18)5-6-15(9-13)12(17)11-4-3-10(7-16)19-11/h3-4,16,18H,5-9H2,1-2H3/t13-/m0/s1. The smallest absolute Gasteiger partial charge is 0.289 e. The third kappa shape index (κ3) is 3.15. The topological polar surface area (TPSA) is 77.2 Å². The summed E-state index contributed by atoms with van der Waals surface area (Å²) in [5.74, 6) is 0.332. The van der Waals surface area contributed by atoms with Gasteiger partial charge in [0.1, 0.15) is 12.4 Å². The second-order valence-corrected chi connectivity index (χ2v) is 5.36. The van der Waals surface area contributed by atoms with Crippen LogP contribution >= 0.6 is 0 Å². The van der Waals surface area contributed by atoms with Gasteiger partial charge in [-0.2, -0.15) is 0 Å². The van der Waals surface area contributed by atoms with Gasteiger partial charge in [0.25, 0.3) is 5.91 Å². The molecule has 1 amide bonds. The molecule has 1 aliphatic rings. The number of amides is 1. The average molecular weight is 268 g/mol. The van der Waals surface area contributed by atoms with Crippen molar-refractivity contribution in [2.45, 2.75) is 18.6 Å². The summed E-state index contributed by atoms with van der Waals surface area (Å²) in [5.41, 5.74) is -0.856. The van der Waals surface area contributed by atoms with Crippen molar-refractivity contribution in [3.63, 3.8) is 0 Å². The lowest BCUT2D eigenvalue weighted by Gasteiger charge is -2.26. The fourth-order valence-electron chi connectivity index (χ4n) is 2.48. The van der Waals surface area contributed by atoms with E-state index in [1.54, 1.807) is 17.0 Å². The van der Waals surface area contributed by atoms with E-state index in [1.807, 2.05) is 19.0 Å². The molecule has 0 aromatic carbocycles. The lowest BCUT2D eigenvalue weighted by molar-refractivity contribution is 0.0230. The molecule has 19 heavy (non-hydrogen) atoms. The predicted molar refractivity (Wildman–Crippen MR) is 68.7 cm³/mol. The third-order valence-corrected chi connectivity index (χ3v) is 3.26. The molecular weight excluding hydrogens is 248 g/mol. The first-order chi connectivity index (χ1) is 8.93. The fraction of sp³-hybridized carbons (Fsp3) is 0.615. The van der Waals surface area contributed by atoms with Crippen LogP contribution < -0.4 is 0 Å². The van der Waals surface area contributed by atoms with Crippen molar-refractivity contribution < 1.29 is 19.4 Å². The Labute approximate surface area is 112 Å². The number of carbonyl (C=O) groups is 1. The third-order valence-electron chi connectivity index (χ3n) is 3.26. The Bertz CT molecular complexity index is 457. The molecule has 0 bridgehead atoms. The highest BCUT2D eigenvalue weighted by Crippen LogP contribution is 2.24. The first-order valence-electron chi connectivity index (χ1n) is 6.29. The van der Waals surface area contributed by atoms with Crippen LogP contribution in [0.5, 0.6) is 0 Å². The van der Waals surface area contributed by atoms with Crippen LogP contribution in [-0.4, -0.2) is 65.3 Å². The van der Waals surface area contributed by atoms with Gasteiger partial charge in [0, 0.05) is 13.1 Å². The van der Waals surface area contributed by atoms with Gasteiger partial charge in [-0.05, 0) is 32.6 Å². The summed E-state index contributed by atoms with van der Waals surface area (Å²) in [6.45, 7) is 1.12. The maximum absolute atomic E-state index is 12.2. The first kappa shape index (κ1) is 14.0. The van der Waals surface area contributed by atoms with Crippen molar-refractivity contribution in [2.24, 2.45) is 0 Å². The molecule has 0 saturated carbocycles. The van der Waals surface area contributed by atoms with Gasteiger partial charge in [-0.15, -0.1) is 0 Å². The van der Waals surface area contributed by atoms with E-state index in [0.29, 0.717) is 31.8 Å². The van der Waals surface area contributed by atoms with Crippen molar-refractivity contribution in [3.8, 4) is 0 Å². The summed E-state index contributed by atoms with van der Waals surface area (Å²) < 4.78 is 5.22. The Morgan fingerprint density at radius 3 is 2.84 bits per heavy atom. The minimum absolute atomic E-state index is 0.207. The second kappa shape index (κ2) is 5.32. The number of β-amino-alcohol motifs (C(OH)–C–C–N with tert-alkyl or cyclic N) is 1. The summed E-state index contributed by atoms with van der Waals surface area (Å²) in [6.07, 6.45) is 0.560. The first-order valence-corrected chi connectivity index (χ1v) is 6.29. The van der Waals surface area contributed by atoms with Crippen molar-refractivity contribution >= 4 is 5.91 Å². The van der Waals surface area contributed by atoms with Crippen molar-refractivity contribution in [2.75, 3.05) is 33.7 Å². The van der Waals surface area contributed by atoms with Crippen molar-refractivity contribution in [1.29, 1.82) is 0 Å². The normalized spacial score (nSPS) is 23.3. The van der Waals surface area contributed by atoms with Crippen molar-refractivity contribution in [3.05, 3.63) is 23.7 Å². The number of rotatable bonds is 4. The number of hydrogen-bond acceptors (Lipinski definition) is 5. The number of likely N-dealkylation sites (tertiary alicyclic amines) is 1. The summed E-state index contributed by atoms with van der Waals surface area (Å²) in [6, 6.07) is 3.13. The molecule has 1 saturated heterocycles. The Kier molecular flexibility index (Phi) is 3.93. The number of nitrogens with zero attached hydrogens (tertiary/aromatic N) is 2. The van der Waals surface area contributed by atoms with E-state index in [9.17, 15) is 9.90 Å². The van der Waals surface area contributed by atoms with Crippen LogP contribution in [0.2, 0.25) is 0 Å². The molecule has 106 valence electrons. The van der Waals surface area contributed by atoms with Crippen molar-refractivity contribution in [1.82, 2.24) is 9.80 Å². The number of hydrogen-bond donors (Lipinski definition) is 2. The highest BCUT2D eigenvalue weighted by atomic mass is 16.4. The predicted octanol–water partition coefficient (Wildman–Crippen LogP) is -0.0895. The molecule has 1 aliphatic heterocycles. The molecule has 6 nitrogen and oxygen atoms in total. The maximum Gasteiger partial charge on any atom is 0.289 e. The molecule has 0 aliphatic carbocycles. The highest BCUT2D eigenvalue weighted by molar-refractivity contribution is 5.91. The second-order valence-electron chi connectivity index (χ2n) is 5.36. The lowest BCUT2D eigenvalue weighted by atomic mass is 10.0. The summed E-state index contributed by atoms with van der Waals surface area (Å²) >= 11 is 0. The SMILES string of the molecule is CN(C)C[C@@]1(O)CCN(C(=O)c2ccc(CO)o2)C1. The van der Waals surface area contributed by atoms with E-state index in [-0.39, 0.29) is 18.3 Å². The Hall–Kier alpha value is -1.37. The number of likely N-dealkylation sites (N-methyl/N-ethyl adjacent to an activating group) is 1. The van der Waals surface area contributed by atoms with Gasteiger partial charge in [0.2, 0.25) is 0 Å². The average Bonchev–Trinajstić information content (AvgIpc) is 2.94. The molecular formula is C13H20N2O4. The van der Waals surface area contributed by atoms with Crippen LogP contribution in [0.25, 0.3) is 0 Å². The summed E-state index contributed by atoms with van der Waals surface area (Å²) in [5, 5.41) is 19.3. The van der Waals surface area contributed by atoms with Gasteiger partial charge >= 0.3 is 0 Å². The molecule has 1 aromatic heterocycles.